The zero-order chi connectivity index (χ0) is 15.6. The molecule has 0 amide bonds. The van der Waals surface area contributed by atoms with Gasteiger partial charge in [0.25, 0.3) is 0 Å². The third-order valence-corrected chi connectivity index (χ3v) is 4.99. The number of aryl methyl sites for hydroxylation is 2. The van der Waals surface area contributed by atoms with Gasteiger partial charge >= 0.3 is 0 Å². The highest BCUT2D eigenvalue weighted by molar-refractivity contribution is 9.10. The summed E-state index contributed by atoms with van der Waals surface area (Å²) in [5.41, 5.74) is 7.70. The van der Waals surface area contributed by atoms with Gasteiger partial charge in [-0.2, -0.15) is 5.10 Å². The molecule has 0 aliphatic heterocycles. The number of anilines is 1. The first-order valence-electron chi connectivity index (χ1n) is 6.39. The fraction of sp³-hybridized carbons (Fsp3) is 0.308. The van der Waals surface area contributed by atoms with Crippen LogP contribution in [0.25, 0.3) is 0 Å². The van der Waals surface area contributed by atoms with E-state index in [-0.39, 0.29) is 17.1 Å². The largest absolute Gasteiger partial charge is 0.398 e. The zero-order valence-electron chi connectivity index (χ0n) is 11.8. The molecule has 21 heavy (non-hydrogen) atoms. The predicted molar refractivity (Wildman–Crippen MR) is 85.2 cm³/mol. The lowest BCUT2D eigenvalue weighted by molar-refractivity contribution is 0.581. The number of nitrogen functional groups attached to an aromatic ring is 1. The van der Waals surface area contributed by atoms with Crippen LogP contribution in [0.5, 0.6) is 0 Å². The Balaban J connectivity index is 2.23. The van der Waals surface area contributed by atoms with Gasteiger partial charge in [0.05, 0.1) is 11.4 Å². The summed E-state index contributed by atoms with van der Waals surface area (Å²) >= 11 is 3.25. The third kappa shape index (κ3) is 3.63. The fourth-order valence-electron chi connectivity index (χ4n) is 2.02. The number of nitrogens with two attached hydrogens (primary N) is 1. The molecule has 0 aliphatic carbocycles. The molecule has 3 N–H and O–H groups in total. The Morgan fingerprint density at radius 3 is 2.81 bits per heavy atom. The Hall–Kier alpha value is -1.38. The van der Waals surface area contributed by atoms with Crippen molar-refractivity contribution in [1.29, 1.82) is 0 Å². The van der Waals surface area contributed by atoms with E-state index >= 15 is 0 Å². The first-order chi connectivity index (χ1) is 9.83. The summed E-state index contributed by atoms with van der Waals surface area (Å²) in [5.74, 6) is 0. The van der Waals surface area contributed by atoms with E-state index in [0.29, 0.717) is 4.47 Å². The van der Waals surface area contributed by atoms with Crippen LogP contribution in [0, 0.1) is 0 Å². The molecule has 1 aromatic carbocycles. The molecule has 8 heteroatoms. The minimum Gasteiger partial charge on any atom is -0.398 e. The van der Waals surface area contributed by atoms with Gasteiger partial charge in [0.2, 0.25) is 10.0 Å². The van der Waals surface area contributed by atoms with Gasteiger partial charge in [0.15, 0.2) is 0 Å². The van der Waals surface area contributed by atoms with E-state index in [1.54, 1.807) is 16.8 Å². The van der Waals surface area contributed by atoms with Crippen molar-refractivity contribution in [3.63, 3.8) is 0 Å². The maximum absolute atomic E-state index is 12.3. The van der Waals surface area contributed by atoms with Gasteiger partial charge in [0.1, 0.15) is 4.90 Å². The molecule has 1 heterocycles. The van der Waals surface area contributed by atoms with Crippen molar-refractivity contribution in [2.24, 2.45) is 7.05 Å². The molecule has 114 valence electrons. The van der Waals surface area contributed by atoms with Crippen molar-refractivity contribution in [1.82, 2.24) is 14.5 Å². The van der Waals surface area contributed by atoms with Crippen LogP contribution in [0.3, 0.4) is 0 Å². The summed E-state index contributed by atoms with van der Waals surface area (Å²) in [6.45, 7) is 2.16. The zero-order valence-corrected chi connectivity index (χ0v) is 14.2. The Morgan fingerprint density at radius 2 is 2.14 bits per heavy atom. The number of sulfonamides is 1. The summed E-state index contributed by atoms with van der Waals surface area (Å²) in [6, 6.07) is 4.74. The van der Waals surface area contributed by atoms with Crippen LogP contribution >= 0.6 is 15.9 Å². The van der Waals surface area contributed by atoms with Crippen LogP contribution in [-0.4, -0.2) is 18.2 Å². The maximum Gasteiger partial charge on any atom is 0.242 e. The van der Waals surface area contributed by atoms with Crippen molar-refractivity contribution in [2.45, 2.75) is 24.8 Å². The molecule has 0 spiro atoms. The lowest BCUT2D eigenvalue weighted by Crippen LogP contribution is -2.24. The minimum absolute atomic E-state index is 0.0683. The number of hydrogen-bond acceptors (Lipinski definition) is 4. The summed E-state index contributed by atoms with van der Waals surface area (Å²) in [6.07, 6.45) is 2.56. The van der Waals surface area contributed by atoms with Crippen molar-refractivity contribution in [3.8, 4) is 0 Å². The summed E-state index contributed by atoms with van der Waals surface area (Å²) in [7, 11) is -1.86. The van der Waals surface area contributed by atoms with Gasteiger partial charge in [-0.3, -0.25) is 4.68 Å². The second-order valence-corrected chi connectivity index (χ2v) is 7.29. The summed E-state index contributed by atoms with van der Waals surface area (Å²) in [4.78, 5) is 0.0683. The average molecular weight is 373 g/mol. The van der Waals surface area contributed by atoms with E-state index in [2.05, 4.69) is 25.8 Å². The number of halogens is 1. The number of nitrogens with zero attached hydrogens (tertiary/aromatic N) is 2. The number of nitrogens with one attached hydrogen (secondary N) is 1. The second kappa shape index (κ2) is 6.17. The number of hydrogen-bond donors (Lipinski definition) is 2. The molecular weight excluding hydrogens is 356 g/mol. The molecule has 0 radical (unpaired) electrons. The summed E-state index contributed by atoms with van der Waals surface area (Å²) < 4.78 is 29.6. The number of benzene rings is 1. The van der Waals surface area contributed by atoms with Crippen molar-refractivity contribution in [2.75, 3.05) is 5.73 Å². The second-order valence-electron chi connectivity index (χ2n) is 4.63. The van der Waals surface area contributed by atoms with Gasteiger partial charge in [-0.15, -0.1) is 0 Å². The third-order valence-electron chi connectivity index (χ3n) is 3.04. The van der Waals surface area contributed by atoms with Crippen molar-refractivity contribution in [3.05, 3.63) is 40.1 Å². The van der Waals surface area contributed by atoms with Crippen molar-refractivity contribution >= 4 is 31.6 Å². The van der Waals surface area contributed by atoms with E-state index < -0.39 is 10.0 Å². The molecule has 2 aromatic rings. The monoisotopic (exact) mass is 372 g/mol. The van der Waals surface area contributed by atoms with Crippen LogP contribution in [0.2, 0.25) is 0 Å². The topological polar surface area (TPSA) is 90.0 Å². The average Bonchev–Trinajstić information content (AvgIpc) is 2.79. The SMILES string of the molecule is CCc1nn(C)cc1CNS(=O)(=O)c1cc(Br)ccc1N. The van der Waals surface area contributed by atoms with Crippen LogP contribution in [0.4, 0.5) is 5.69 Å². The highest BCUT2D eigenvalue weighted by Gasteiger charge is 2.18. The normalized spacial score (nSPS) is 11.8. The number of aromatic nitrogens is 2. The molecule has 0 saturated carbocycles. The molecular formula is C13H17BrN4O2S. The van der Waals surface area contributed by atoms with Crippen LogP contribution < -0.4 is 10.5 Å². The lowest BCUT2D eigenvalue weighted by Gasteiger charge is -2.09. The van der Waals surface area contributed by atoms with E-state index in [1.807, 2.05) is 20.2 Å². The Morgan fingerprint density at radius 1 is 1.43 bits per heavy atom. The minimum atomic E-state index is -3.67. The van der Waals surface area contributed by atoms with E-state index in [4.69, 9.17) is 5.73 Å². The molecule has 0 atom stereocenters. The fourth-order valence-corrected chi connectivity index (χ4v) is 3.69. The Kier molecular flexibility index (Phi) is 4.70. The molecule has 1 aromatic heterocycles. The molecule has 0 bridgehead atoms. The lowest BCUT2D eigenvalue weighted by atomic mass is 10.2. The maximum atomic E-state index is 12.3. The van der Waals surface area contributed by atoms with Gasteiger partial charge in [-0.25, -0.2) is 13.1 Å². The molecule has 0 saturated heterocycles. The first kappa shape index (κ1) is 16.0. The first-order valence-corrected chi connectivity index (χ1v) is 8.67. The van der Waals surface area contributed by atoms with Crippen molar-refractivity contribution < 1.29 is 8.42 Å². The van der Waals surface area contributed by atoms with Gasteiger partial charge in [0, 0.05) is 29.8 Å². The van der Waals surface area contributed by atoms with Gasteiger partial charge in [-0.1, -0.05) is 22.9 Å². The highest BCUT2D eigenvalue weighted by atomic mass is 79.9. The molecule has 6 nitrogen and oxygen atoms in total. The molecule has 0 aliphatic rings. The molecule has 0 fully saturated rings. The smallest absolute Gasteiger partial charge is 0.242 e. The highest BCUT2D eigenvalue weighted by Crippen LogP contribution is 2.23. The molecule has 0 unspecified atom stereocenters. The van der Waals surface area contributed by atoms with Gasteiger partial charge < -0.3 is 5.73 Å². The molecule has 2 rings (SSSR count). The van der Waals surface area contributed by atoms with E-state index in [0.717, 1.165) is 17.7 Å². The summed E-state index contributed by atoms with van der Waals surface area (Å²) in [5, 5.41) is 4.28. The standard InChI is InChI=1S/C13H17BrN4O2S/c1-3-12-9(8-18(2)17-12)7-16-21(19,20)13-6-10(14)4-5-11(13)15/h4-6,8,16H,3,7,15H2,1-2H3. The van der Waals surface area contributed by atoms with Crippen LogP contribution in [0.1, 0.15) is 18.2 Å². The number of rotatable bonds is 5. The van der Waals surface area contributed by atoms with E-state index in [9.17, 15) is 8.42 Å². The van der Waals surface area contributed by atoms with Gasteiger partial charge in [-0.05, 0) is 24.6 Å². The Bertz CT molecular complexity index is 756. The van der Waals surface area contributed by atoms with E-state index in [1.165, 1.54) is 6.07 Å². The predicted octanol–water partition coefficient (Wildman–Crippen LogP) is 1.81. The Labute approximate surface area is 132 Å². The quantitative estimate of drug-likeness (QED) is 0.783. The van der Waals surface area contributed by atoms with Crippen LogP contribution in [-0.2, 0) is 30.0 Å². The van der Waals surface area contributed by atoms with Crippen LogP contribution in [0.15, 0.2) is 33.8 Å².